The Morgan fingerprint density at radius 2 is 1.45 bits per heavy atom. The highest BCUT2D eigenvalue weighted by Crippen LogP contribution is 2.68. The molecule has 3 heteroatoms. The van der Waals surface area contributed by atoms with Gasteiger partial charge in [-0.15, -0.1) is 0 Å². The predicted molar refractivity (Wildman–Crippen MR) is 154 cm³/mol. The maximum absolute atomic E-state index is 6.97. The van der Waals surface area contributed by atoms with Crippen molar-refractivity contribution in [2.45, 2.75) is 104 Å². The van der Waals surface area contributed by atoms with Crippen LogP contribution in [0.1, 0.15) is 83.3 Å². The molecule has 4 aliphatic rings. The number of nitrogens with two attached hydrogens (primary N) is 1. The Labute approximate surface area is 230 Å². The van der Waals surface area contributed by atoms with Crippen LogP contribution in [0.3, 0.4) is 0 Å². The molecule has 4 saturated carbocycles. The highest BCUT2D eigenvalue weighted by Gasteiger charge is 2.64. The van der Waals surface area contributed by atoms with Gasteiger partial charge in [-0.05, 0) is 104 Å². The standard InChI is InChI=1S/C35H49NO2/c1-24(36)30-16-17-31-29-15-14-27-20-28(37-22-25-10-6-4-7-11-25)18-19-34(27,2)32(29)21-33(35(30,31)3)38-23-26-12-8-5-9-13-26/h4-13,24,27-33H,14-23,36H2,1-3H3/t24-,27-,28-,29+,30-,31+,32+,33+,34+,35-/m1/s1. The van der Waals surface area contributed by atoms with E-state index in [1.807, 2.05) is 0 Å². The normalized spacial score (nSPS) is 41.1. The lowest BCUT2D eigenvalue weighted by Crippen LogP contribution is -2.60. The van der Waals surface area contributed by atoms with Gasteiger partial charge in [-0.3, -0.25) is 0 Å². The van der Waals surface area contributed by atoms with E-state index in [2.05, 4.69) is 81.4 Å². The monoisotopic (exact) mass is 515 g/mol. The van der Waals surface area contributed by atoms with Crippen molar-refractivity contribution >= 4 is 0 Å². The highest BCUT2D eigenvalue weighted by molar-refractivity contribution is 5.16. The van der Waals surface area contributed by atoms with E-state index in [0.717, 1.165) is 30.3 Å². The van der Waals surface area contributed by atoms with Crippen LogP contribution in [0.4, 0.5) is 0 Å². The second-order valence-corrected chi connectivity index (χ2v) is 13.8. The third-order valence-corrected chi connectivity index (χ3v) is 12.0. The van der Waals surface area contributed by atoms with E-state index in [1.165, 1.54) is 62.5 Å². The van der Waals surface area contributed by atoms with Gasteiger partial charge in [0, 0.05) is 11.5 Å². The van der Waals surface area contributed by atoms with Crippen molar-refractivity contribution in [2.75, 3.05) is 0 Å². The Kier molecular flexibility index (Phi) is 7.48. The summed E-state index contributed by atoms with van der Waals surface area (Å²) in [6, 6.07) is 21.7. The molecule has 4 aliphatic carbocycles. The number of fused-ring (bicyclic) bond motifs is 5. The van der Waals surface area contributed by atoms with Crippen LogP contribution in [0.5, 0.6) is 0 Å². The van der Waals surface area contributed by atoms with Gasteiger partial charge in [0.05, 0.1) is 25.4 Å². The fourth-order valence-electron chi connectivity index (χ4n) is 10.0. The van der Waals surface area contributed by atoms with Gasteiger partial charge in [0.1, 0.15) is 0 Å². The lowest BCUT2D eigenvalue weighted by molar-refractivity contribution is -0.193. The van der Waals surface area contributed by atoms with Crippen molar-refractivity contribution in [3.8, 4) is 0 Å². The van der Waals surface area contributed by atoms with E-state index in [1.54, 1.807) is 0 Å². The van der Waals surface area contributed by atoms with Gasteiger partial charge in [-0.25, -0.2) is 0 Å². The molecule has 10 atom stereocenters. The Hall–Kier alpha value is -1.68. The molecule has 2 N–H and O–H groups in total. The molecule has 38 heavy (non-hydrogen) atoms. The van der Waals surface area contributed by atoms with Crippen molar-refractivity contribution < 1.29 is 9.47 Å². The average Bonchev–Trinajstić information content (AvgIpc) is 3.30. The largest absolute Gasteiger partial charge is 0.374 e. The maximum Gasteiger partial charge on any atom is 0.0720 e. The number of benzene rings is 2. The van der Waals surface area contributed by atoms with Gasteiger partial charge in [-0.2, -0.15) is 0 Å². The van der Waals surface area contributed by atoms with Crippen LogP contribution in [0, 0.1) is 40.4 Å². The molecule has 0 aliphatic heterocycles. The Bertz CT molecular complexity index is 1060. The number of hydrogen-bond donors (Lipinski definition) is 1. The topological polar surface area (TPSA) is 44.5 Å². The quantitative estimate of drug-likeness (QED) is 0.410. The molecule has 0 bridgehead atoms. The van der Waals surface area contributed by atoms with Crippen LogP contribution in [0.25, 0.3) is 0 Å². The lowest BCUT2D eigenvalue weighted by Gasteiger charge is -2.63. The van der Waals surface area contributed by atoms with Gasteiger partial charge in [0.2, 0.25) is 0 Å². The molecule has 2 aromatic rings. The van der Waals surface area contributed by atoms with E-state index in [9.17, 15) is 0 Å². The zero-order valence-corrected chi connectivity index (χ0v) is 23.9. The van der Waals surface area contributed by atoms with Crippen molar-refractivity contribution in [3.05, 3.63) is 71.8 Å². The van der Waals surface area contributed by atoms with Gasteiger partial charge in [0.25, 0.3) is 0 Å². The molecule has 0 amide bonds. The molecular formula is C35H49NO2. The van der Waals surface area contributed by atoms with Crippen molar-refractivity contribution in [2.24, 2.45) is 46.2 Å². The average molecular weight is 516 g/mol. The third-order valence-electron chi connectivity index (χ3n) is 12.0. The first-order chi connectivity index (χ1) is 18.4. The Balaban J connectivity index is 1.21. The van der Waals surface area contributed by atoms with E-state index in [0.29, 0.717) is 24.0 Å². The molecule has 0 radical (unpaired) electrons. The summed E-state index contributed by atoms with van der Waals surface area (Å²) in [6.45, 7) is 8.92. The predicted octanol–water partition coefficient (Wildman–Crippen LogP) is 7.77. The van der Waals surface area contributed by atoms with Crippen molar-refractivity contribution in [3.63, 3.8) is 0 Å². The van der Waals surface area contributed by atoms with Crippen LogP contribution in [0.15, 0.2) is 60.7 Å². The third kappa shape index (κ3) is 4.67. The minimum absolute atomic E-state index is 0.184. The first-order valence-corrected chi connectivity index (χ1v) is 15.5. The van der Waals surface area contributed by atoms with Crippen LogP contribution in [0.2, 0.25) is 0 Å². The summed E-state index contributed by atoms with van der Waals surface area (Å²) in [5.74, 6) is 3.64. The molecule has 0 spiro atoms. The summed E-state index contributed by atoms with van der Waals surface area (Å²) in [7, 11) is 0. The van der Waals surface area contributed by atoms with Crippen LogP contribution in [-0.2, 0) is 22.7 Å². The first kappa shape index (κ1) is 26.5. The minimum Gasteiger partial charge on any atom is -0.374 e. The van der Waals surface area contributed by atoms with E-state index in [-0.39, 0.29) is 17.6 Å². The molecule has 0 unspecified atom stereocenters. The molecule has 0 aromatic heterocycles. The minimum atomic E-state index is 0.184. The number of rotatable bonds is 7. The molecule has 4 fully saturated rings. The van der Waals surface area contributed by atoms with Crippen LogP contribution < -0.4 is 5.73 Å². The summed E-state index contributed by atoms with van der Waals surface area (Å²) in [5.41, 5.74) is 9.84. The number of hydrogen-bond acceptors (Lipinski definition) is 3. The Morgan fingerprint density at radius 3 is 2.11 bits per heavy atom. The molecular weight excluding hydrogens is 466 g/mol. The summed E-state index contributed by atoms with van der Waals surface area (Å²) >= 11 is 0. The fourth-order valence-corrected chi connectivity index (χ4v) is 10.0. The van der Waals surface area contributed by atoms with E-state index < -0.39 is 0 Å². The van der Waals surface area contributed by atoms with Gasteiger partial charge < -0.3 is 15.2 Å². The van der Waals surface area contributed by atoms with Crippen LogP contribution in [-0.4, -0.2) is 18.2 Å². The van der Waals surface area contributed by atoms with Crippen molar-refractivity contribution in [1.29, 1.82) is 0 Å². The smallest absolute Gasteiger partial charge is 0.0720 e. The second-order valence-electron chi connectivity index (χ2n) is 13.8. The zero-order valence-electron chi connectivity index (χ0n) is 23.9. The van der Waals surface area contributed by atoms with Gasteiger partial charge >= 0.3 is 0 Å². The lowest BCUT2D eigenvalue weighted by atomic mass is 9.44. The fraction of sp³-hybridized carbons (Fsp3) is 0.657. The van der Waals surface area contributed by atoms with E-state index >= 15 is 0 Å². The molecule has 3 nitrogen and oxygen atoms in total. The van der Waals surface area contributed by atoms with Gasteiger partial charge in [-0.1, -0.05) is 74.5 Å². The second kappa shape index (κ2) is 10.7. The van der Waals surface area contributed by atoms with Crippen molar-refractivity contribution in [1.82, 2.24) is 0 Å². The highest BCUT2D eigenvalue weighted by atomic mass is 16.5. The molecule has 0 saturated heterocycles. The maximum atomic E-state index is 6.97. The van der Waals surface area contributed by atoms with Gasteiger partial charge in [0.15, 0.2) is 0 Å². The molecule has 206 valence electrons. The summed E-state index contributed by atoms with van der Waals surface area (Å²) in [5, 5.41) is 0. The van der Waals surface area contributed by atoms with E-state index in [4.69, 9.17) is 15.2 Å². The molecule has 2 aromatic carbocycles. The van der Waals surface area contributed by atoms with Crippen LogP contribution >= 0.6 is 0 Å². The molecule has 6 rings (SSSR count). The zero-order chi connectivity index (χ0) is 26.3. The summed E-state index contributed by atoms with van der Waals surface area (Å²) < 4.78 is 13.5. The Morgan fingerprint density at radius 1 is 0.789 bits per heavy atom. The summed E-state index contributed by atoms with van der Waals surface area (Å²) in [4.78, 5) is 0. The first-order valence-electron chi connectivity index (χ1n) is 15.5. The number of ether oxygens (including phenoxy) is 2. The molecule has 0 heterocycles. The summed E-state index contributed by atoms with van der Waals surface area (Å²) in [6.07, 6.45) is 11.0. The SMILES string of the molecule is C[C@@H](N)[C@H]1CC[C@H]2[C@@H]3CC[C@@H]4C[C@H](OCc5ccccc5)CC[C@]4(C)[C@H]3C[C@H](OCc3ccccc3)[C@]12C.